The number of hydrogen-bond donors (Lipinski definition) is 3. The summed E-state index contributed by atoms with van der Waals surface area (Å²) in [4.78, 5) is 14.9. The van der Waals surface area contributed by atoms with Gasteiger partial charge in [0.1, 0.15) is 10.7 Å². The van der Waals surface area contributed by atoms with Gasteiger partial charge in [0.2, 0.25) is 5.95 Å². The van der Waals surface area contributed by atoms with Gasteiger partial charge in [-0.1, -0.05) is 18.2 Å². The molecule has 0 fully saturated rings. The lowest BCUT2D eigenvalue weighted by atomic mass is 10.1. The molecule has 1 aliphatic carbocycles. The minimum absolute atomic E-state index is 0.346. The molecule has 1 aliphatic rings. The fourth-order valence-electron chi connectivity index (χ4n) is 3.35. The van der Waals surface area contributed by atoms with Gasteiger partial charge >= 0.3 is 0 Å². The van der Waals surface area contributed by atoms with Crippen molar-refractivity contribution in [3.8, 4) is 10.7 Å². The maximum Gasteiger partial charge on any atom is 0.227 e. The summed E-state index contributed by atoms with van der Waals surface area (Å²) >= 11 is 1.61. The molecule has 0 saturated carbocycles. The van der Waals surface area contributed by atoms with Crippen molar-refractivity contribution in [2.75, 3.05) is 5.32 Å². The van der Waals surface area contributed by atoms with Gasteiger partial charge in [-0.15, -0.1) is 11.3 Å². The van der Waals surface area contributed by atoms with Gasteiger partial charge in [-0.25, -0.2) is 15.0 Å². The number of benzene rings is 1. The van der Waals surface area contributed by atoms with Gasteiger partial charge in [0.15, 0.2) is 0 Å². The first-order valence-electron chi connectivity index (χ1n) is 10.1. The van der Waals surface area contributed by atoms with Crippen molar-refractivity contribution in [2.45, 2.75) is 33.7 Å². The average Bonchev–Trinajstić information content (AvgIpc) is 2.95. The highest BCUT2D eigenvalue weighted by Crippen LogP contribution is 2.28. The second-order valence-electron chi connectivity index (χ2n) is 7.54. The quantitative estimate of drug-likeness (QED) is 0.468. The molecule has 0 unspecified atom stereocenters. The summed E-state index contributed by atoms with van der Waals surface area (Å²) in [6.07, 6.45) is 9.88. The zero-order valence-corrected chi connectivity index (χ0v) is 18.6. The zero-order valence-electron chi connectivity index (χ0n) is 17.8. The summed E-state index contributed by atoms with van der Waals surface area (Å²) in [5, 5.41) is 17.3. The summed E-state index contributed by atoms with van der Waals surface area (Å²) in [7, 11) is 0. The number of anilines is 2. The number of thiazole rings is 1. The van der Waals surface area contributed by atoms with Crippen molar-refractivity contribution in [1.29, 1.82) is 0 Å². The van der Waals surface area contributed by atoms with Crippen molar-refractivity contribution in [3.05, 3.63) is 87.9 Å². The van der Waals surface area contributed by atoms with Gasteiger partial charge in [0.05, 0.1) is 18.0 Å². The van der Waals surface area contributed by atoms with E-state index in [4.69, 9.17) is 4.98 Å². The fraction of sp³-hybridized carbons (Fsp3) is 0.208. The van der Waals surface area contributed by atoms with E-state index in [1.54, 1.807) is 23.6 Å². The van der Waals surface area contributed by atoms with Crippen LogP contribution in [0.15, 0.2) is 66.2 Å². The van der Waals surface area contributed by atoms with Crippen LogP contribution in [0.1, 0.15) is 28.1 Å². The zero-order chi connectivity index (χ0) is 21.8. The van der Waals surface area contributed by atoms with Gasteiger partial charge in [-0.05, 0) is 62.2 Å². The highest BCUT2D eigenvalue weighted by molar-refractivity contribution is 7.15. The Morgan fingerprint density at radius 3 is 2.71 bits per heavy atom. The highest BCUT2D eigenvalue weighted by Gasteiger charge is 2.12. The van der Waals surface area contributed by atoms with E-state index in [0.29, 0.717) is 24.7 Å². The molecule has 3 aromatic rings. The van der Waals surface area contributed by atoms with Gasteiger partial charge < -0.3 is 15.7 Å². The normalized spacial score (nSPS) is 13.4. The number of allylic oxidation sites excluding steroid dienone is 4. The SMILES string of the molecule is Cc1cc(C)cc(Nc2nccc(-c3nc(C)c(CNC4=CC=CCC(O)=C4)s3)n2)c1. The predicted octanol–water partition coefficient (Wildman–Crippen LogP) is 5.64. The number of rotatable bonds is 6. The van der Waals surface area contributed by atoms with Crippen molar-refractivity contribution >= 4 is 23.0 Å². The Balaban J connectivity index is 1.50. The monoisotopic (exact) mass is 431 g/mol. The van der Waals surface area contributed by atoms with Gasteiger partial charge in [0.25, 0.3) is 0 Å². The molecule has 2 aromatic heterocycles. The molecule has 31 heavy (non-hydrogen) atoms. The molecular formula is C24H25N5OS. The van der Waals surface area contributed by atoms with E-state index in [2.05, 4.69) is 52.6 Å². The van der Waals surface area contributed by atoms with E-state index in [1.807, 2.05) is 31.2 Å². The van der Waals surface area contributed by atoms with Crippen LogP contribution in [0.4, 0.5) is 11.6 Å². The number of nitrogens with one attached hydrogen (secondary N) is 2. The molecule has 2 heterocycles. The number of hydrogen-bond acceptors (Lipinski definition) is 7. The van der Waals surface area contributed by atoms with Crippen LogP contribution in [-0.4, -0.2) is 20.1 Å². The Morgan fingerprint density at radius 2 is 1.90 bits per heavy atom. The summed E-state index contributed by atoms with van der Waals surface area (Å²) < 4.78 is 0. The smallest absolute Gasteiger partial charge is 0.227 e. The van der Waals surface area contributed by atoms with Crippen LogP contribution >= 0.6 is 11.3 Å². The van der Waals surface area contributed by atoms with E-state index < -0.39 is 0 Å². The molecule has 7 heteroatoms. The van der Waals surface area contributed by atoms with Crippen LogP contribution in [-0.2, 0) is 6.54 Å². The Bertz CT molecular complexity index is 1170. The molecule has 4 rings (SSSR count). The number of aliphatic hydroxyl groups excluding tert-OH is 1. The maximum atomic E-state index is 9.83. The lowest BCUT2D eigenvalue weighted by Gasteiger charge is -2.07. The van der Waals surface area contributed by atoms with Crippen LogP contribution in [0.25, 0.3) is 10.7 Å². The van der Waals surface area contributed by atoms with Crippen molar-refractivity contribution in [2.24, 2.45) is 0 Å². The molecule has 1 aromatic carbocycles. The molecule has 0 radical (unpaired) electrons. The van der Waals surface area contributed by atoms with Crippen molar-refractivity contribution < 1.29 is 5.11 Å². The van der Waals surface area contributed by atoms with Crippen LogP contribution in [0, 0.1) is 20.8 Å². The Labute approximate surface area is 186 Å². The van der Waals surface area contributed by atoms with Gasteiger partial charge in [-0.2, -0.15) is 0 Å². The minimum Gasteiger partial charge on any atom is -0.512 e. The van der Waals surface area contributed by atoms with Crippen molar-refractivity contribution in [3.63, 3.8) is 0 Å². The number of aliphatic hydroxyl groups is 1. The molecule has 0 amide bonds. The maximum absolute atomic E-state index is 9.83. The van der Waals surface area contributed by atoms with E-state index in [0.717, 1.165) is 32.7 Å². The van der Waals surface area contributed by atoms with Gasteiger partial charge in [0, 0.05) is 28.9 Å². The second-order valence-corrected chi connectivity index (χ2v) is 8.62. The minimum atomic E-state index is 0.346. The molecule has 0 saturated heterocycles. The second kappa shape index (κ2) is 9.14. The van der Waals surface area contributed by atoms with Crippen molar-refractivity contribution in [1.82, 2.24) is 20.3 Å². The first-order valence-corrected chi connectivity index (χ1v) is 10.9. The standard InChI is InChI=1S/C24H25N5OS/c1-15-10-16(2)12-19(11-15)28-24-25-9-8-21(29-24)23-27-17(3)22(31-23)14-26-18-6-4-5-7-20(30)13-18/h4-6,8-13,26,30H,7,14H2,1-3H3,(H,25,28,29). The molecule has 0 bridgehead atoms. The van der Waals surface area contributed by atoms with Crippen LogP contribution in [0.2, 0.25) is 0 Å². The third-order valence-electron chi connectivity index (χ3n) is 4.76. The Kier molecular flexibility index (Phi) is 6.13. The number of nitrogens with zero attached hydrogens (tertiary/aromatic N) is 3. The van der Waals surface area contributed by atoms with E-state index in [9.17, 15) is 5.11 Å². The number of aromatic nitrogens is 3. The van der Waals surface area contributed by atoms with Crippen LogP contribution < -0.4 is 10.6 Å². The topological polar surface area (TPSA) is 83.0 Å². The predicted molar refractivity (Wildman–Crippen MR) is 126 cm³/mol. The molecular weight excluding hydrogens is 406 g/mol. The third kappa shape index (κ3) is 5.38. The largest absolute Gasteiger partial charge is 0.512 e. The molecule has 158 valence electrons. The fourth-order valence-corrected chi connectivity index (χ4v) is 4.33. The first kappa shape index (κ1) is 20.8. The summed E-state index contributed by atoms with van der Waals surface area (Å²) in [5.74, 6) is 0.894. The van der Waals surface area contributed by atoms with Gasteiger partial charge in [-0.3, -0.25) is 0 Å². The first-order chi connectivity index (χ1) is 15.0. The summed E-state index contributed by atoms with van der Waals surface area (Å²) in [5.41, 5.74) is 5.98. The third-order valence-corrected chi connectivity index (χ3v) is 5.94. The van der Waals surface area contributed by atoms with E-state index in [1.165, 1.54) is 11.1 Å². The molecule has 0 atom stereocenters. The Morgan fingerprint density at radius 1 is 1.10 bits per heavy atom. The van der Waals surface area contributed by atoms with Crippen LogP contribution in [0.3, 0.4) is 0 Å². The van der Waals surface area contributed by atoms with Crippen LogP contribution in [0.5, 0.6) is 0 Å². The highest BCUT2D eigenvalue weighted by atomic mass is 32.1. The van der Waals surface area contributed by atoms with E-state index in [-0.39, 0.29) is 0 Å². The molecule has 6 nitrogen and oxygen atoms in total. The Hall–Kier alpha value is -3.45. The summed E-state index contributed by atoms with van der Waals surface area (Å²) in [6.45, 7) is 6.77. The number of aryl methyl sites for hydroxylation is 3. The molecule has 0 spiro atoms. The molecule has 3 N–H and O–H groups in total. The summed E-state index contributed by atoms with van der Waals surface area (Å²) in [6, 6.07) is 8.16. The molecule has 0 aliphatic heterocycles. The average molecular weight is 432 g/mol. The van der Waals surface area contributed by atoms with E-state index >= 15 is 0 Å². The lowest BCUT2D eigenvalue weighted by Crippen LogP contribution is -2.11. The lowest BCUT2D eigenvalue weighted by molar-refractivity contribution is 0.400.